The highest BCUT2D eigenvalue weighted by Crippen LogP contribution is 2.14. The van der Waals surface area contributed by atoms with Gasteiger partial charge in [0.1, 0.15) is 6.61 Å². The Morgan fingerprint density at radius 3 is 2.67 bits per heavy atom. The standard InChI is InChI=1S/C18H27NO2/c1-4-18(5-2)19(11-13-21-3)15-17-9-6-8-16(14-17)10-7-12-20/h6,8-9,14,18,20H,4-5,11-13,15H2,1-3H3. The molecule has 3 nitrogen and oxygen atoms in total. The van der Waals surface area contributed by atoms with E-state index < -0.39 is 0 Å². The van der Waals surface area contributed by atoms with Crippen LogP contribution in [0.1, 0.15) is 37.8 Å². The predicted octanol–water partition coefficient (Wildman–Crippen LogP) is 2.67. The normalized spacial score (nSPS) is 10.8. The molecule has 116 valence electrons. The molecule has 1 aromatic rings. The molecule has 0 atom stereocenters. The molecule has 0 aromatic heterocycles. The van der Waals surface area contributed by atoms with Crippen LogP contribution in [-0.2, 0) is 11.3 Å². The van der Waals surface area contributed by atoms with Crippen molar-refractivity contribution in [2.45, 2.75) is 39.3 Å². The van der Waals surface area contributed by atoms with Crippen LogP contribution in [0.2, 0.25) is 0 Å². The third-order valence-electron chi connectivity index (χ3n) is 3.67. The summed E-state index contributed by atoms with van der Waals surface area (Å²) < 4.78 is 5.23. The highest BCUT2D eigenvalue weighted by molar-refractivity contribution is 5.37. The van der Waals surface area contributed by atoms with E-state index in [2.05, 4.69) is 42.7 Å². The van der Waals surface area contributed by atoms with Gasteiger partial charge in [-0.2, -0.15) is 0 Å². The van der Waals surface area contributed by atoms with E-state index in [-0.39, 0.29) is 6.61 Å². The van der Waals surface area contributed by atoms with Gasteiger partial charge in [0.2, 0.25) is 0 Å². The lowest BCUT2D eigenvalue weighted by atomic mass is 10.1. The van der Waals surface area contributed by atoms with E-state index in [4.69, 9.17) is 9.84 Å². The van der Waals surface area contributed by atoms with Crippen molar-refractivity contribution in [1.82, 2.24) is 4.90 Å². The minimum atomic E-state index is -0.0993. The summed E-state index contributed by atoms with van der Waals surface area (Å²) in [6.45, 7) is 6.96. The number of benzene rings is 1. The summed E-state index contributed by atoms with van der Waals surface area (Å²) >= 11 is 0. The summed E-state index contributed by atoms with van der Waals surface area (Å²) in [6, 6.07) is 8.81. The van der Waals surface area contributed by atoms with Crippen LogP contribution in [-0.4, -0.2) is 42.9 Å². The number of methoxy groups -OCH3 is 1. The third kappa shape index (κ3) is 6.31. The van der Waals surface area contributed by atoms with Crippen molar-refractivity contribution >= 4 is 0 Å². The first-order valence-electron chi connectivity index (χ1n) is 7.66. The molecule has 0 aliphatic heterocycles. The van der Waals surface area contributed by atoms with Crippen molar-refractivity contribution in [2.24, 2.45) is 0 Å². The van der Waals surface area contributed by atoms with E-state index in [0.29, 0.717) is 6.04 Å². The lowest BCUT2D eigenvalue weighted by molar-refractivity contribution is 0.110. The van der Waals surface area contributed by atoms with Crippen molar-refractivity contribution in [3.63, 3.8) is 0 Å². The molecule has 1 N–H and O–H groups in total. The zero-order valence-corrected chi connectivity index (χ0v) is 13.4. The van der Waals surface area contributed by atoms with Crippen molar-refractivity contribution in [2.75, 3.05) is 26.9 Å². The molecule has 21 heavy (non-hydrogen) atoms. The third-order valence-corrected chi connectivity index (χ3v) is 3.67. The van der Waals surface area contributed by atoms with Gasteiger partial charge in [0.25, 0.3) is 0 Å². The Balaban J connectivity index is 2.81. The molecule has 0 amide bonds. The van der Waals surface area contributed by atoms with Crippen LogP contribution >= 0.6 is 0 Å². The average Bonchev–Trinajstić information content (AvgIpc) is 2.52. The molecule has 0 heterocycles. The minimum Gasteiger partial charge on any atom is -0.384 e. The summed E-state index contributed by atoms with van der Waals surface area (Å²) in [5, 5.41) is 8.78. The largest absolute Gasteiger partial charge is 0.384 e. The Morgan fingerprint density at radius 1 is 1.29 bits per heavy atom. The number of hydrogen-bond donors (Lipinski definition) is 1. The molecule has 0 bridgehead atoms. The molecule has 0 aliphatic rings. The van der Waals surface area contributed by atoms with Gasteiger partial charge in [0.15, 0.2) is 0 Å². The molecule has 0 spiro atoms. The maximum Gasteiger partial charge on any atom is 0.104 e. The van der Waals surface area contributed by atoms with Crippen LogP contribution in [0.4, 0.5) is 0 Å². The first kappa shape index (κ1) is 17.7. The number of aliphatic hydroxyl groups is 1. The summed E-state index contributed by atoms with van der Waals surface area (Å²) in [5.41, 5.74) is 2.21. The topological polar surface area (TPSA) is 32.7 Å². The molecule has 0 unspecified atom stereocenters. The minimum absolute atomic E-state index is 0.0993. The Labute approximate surface area is 128 Å². The van der Waals surface area contributed by atoms with Gasteiger partial charge in [-0.15, -0.1) is 0 Å². The summed E-state index contributed by atoms with van der Waals surface area (Å²) in [4.78, 5) is 2.47. The summed E-state index contributed by atoms with van der Waals surface area (Å²) in [7, 11) is 1.75. The van der Waals surface area contributed by atoms with Gasteiger partial charge in [0.05, 0.1) is 6.61 Å². The highest BCUT2D eigenvalue weighted by atomic mass is 16.5. The van der Waals surface area contributed by atoms with Gasteiger partial charge in [-0.25, -0.2) is 0 Å². The first-order chi connectivity index (χ1) is 10.2. The van der Waals surface area contributed by atoms with Gasteiger partial charge in [-0.1, -0.05) is 37.8 Å². The Kier molecular flexibility index (Phi) is 8.77. The summed E-state index contributed by atoms with van der Waals surface area (Å²) in [5.74, 6) is 5.66. The molecule has 0 radical (unpaired) electrons. The van der Waals surface area contributed by atoms with Crippen LogP contribution in [0.5, 0.6) is 0 Å². The van der Waals surface area contributed by atoms with Gasteiger partial charge >= 0.3 is 0 Å². The monoisotopic (exact) mass is 289 g/mol. The van der Waals surface area contributed by atoms with Crippen LogP contribution in [0, 0.1) is 11.8 Å². The average molecular weight is 289 g/mol. The van der Waals surface area contributed by atoms with E-state index in [0.717, 1.165) is 38.1 Å². The van der Waals surface area contributed by atoms with Crippen LogP contribution in [0.15, 0.2) is 24.3 Å². The van der Waals surface area contributed by atoms with Crippen molar-refractivity contribution in [3.05, 3.63) is 35.4 Å². The van der Waals surface area contributed by atoms with Gasteiger partial charge in [0, 0.05) is 31.8 Å². The zero-order chi connectivity index (χ0) is 15.5. The quantitative estimate of drug-likeness (QED) is 0.747. The second kappa shape index (κ2) is 10.4. The number of hydrogen-bond acceptors (Lipinski definition) is 3. The van der Waals surface area contributed by atoms with Gasteiger partial charge in [-0.3, -0.25) is 4.90 Å². The number of aliphatic hydroxyl groups excluding tert-OH is 1. The second-order valence-corrected chi connectivity index (χ2v) is 5.09. The molecule has 0 saturated heterocycles. The molecule has 1 rings (SSSR count). The molecular weight excluding hydrogens is 262 g/mol. The fourth-order valence-corrected chi connectivity index (χ4v) is 2.53. The van der Waals surface area contributed by atoms with E-state index in [1.165, 1.54) is 5.56 Å². The maximum atomic E-state index is 8.78. The van der Waals surface area contributed by atoms with Gasteiger partial charge in [-0.05, 0) is 30.5 Å². The number of ether oxygens (including phenoxy) is 1. The Morgan fingerprint density at radius 2 is 2.05 bits per heavy atom. The zero-order valence-electron chi connectivity index (χ0n) is 13.4. The van der Waals surface area contributed by atoms with E-state index >= 15 is 0 Å². The number of nitrogens with zero attached hydrogens (tertiary/aromatic N) is 1. The smallest absolute Gasteiger partial charge is 0.104 e. The Hall–Kier alpha value is -1.34. The molecule has 0 fully saturated rings. The van der Waals surface area contributed by atoms with Crippen molar-refractivity contribution < 1.29 is 9.84 Å². The van der Waals surface area contributed by atoms with Crippen LogP contribution < -0.4 is 0 Å². The SMILES string of the molecule is CCC(CC)N(CCOC)Cc1cccc(C#CCO)c1. The number of rotatable bonds is 8. The van der Waals surface area contributed by atoms with Crippen molar-refractivity contribution in [1.29, 1.82) is 0 Å². The maximum absolute atomic E-state index is 8.78. The fraction of sp³-hybridized carbons (Fsp3) is 0.556. The summed E-state index contributed by atoms with van der Waals surface area (Å²) in [6.07, 6.45) is 2.29. The van der Waals surface area contributed by atoms with E-state index in [1.54, 1.807) is 7.11 Å². The molecule has 0 saturated carbocycles. The van der Waals surface area contributed by atoms with Crippen LogP contribution in [0.25, 0.3) is 0 Å². The van der Waals surface area contributed by atoms with E-state index in [9.17, 15) is 0 Å². The van der Waals surface area contributed by atoms with Crippen LogP contribution in [0.3, 0.4) is 0 Å². The van der Waals surface area contributed by atoms with Crippen molar-refractivity contribution in [3.8, 4) is 11.8 Å². The first-order valence-corrected chi connectivity index (χ1v) is 7.66. The highest BCUT2D eigenvalue weighted by Gasteiger charge is 2.15. The second-order valence-electron chi connectivity index (χ2n) is 5.09. The molecule has 3 heteroatoms. The predicted molar refractivity (Wildman–Crippen MR) is 87.1 cm³/mol. The molecule has 0 aliphatic carbocycles. The lowest BCUT2D eigenvalue weighted by Gasteiger charge is -2.30. The van der Waals surface area contributed by atoms with E-state index in [1.807, 2.05) is 12.1 Å². The molecular formula is C18H27NO2. The lowest BCUT2D eigenvalue weighted by Crippen LogP contribution is -2.36. The van der Waals surface area contributed by atoms with Gasteiger partial charge < -0.3 is 9.84 Å². The molecule has 1 aromatic carbocycles. The Bertz CT molecular complexity index is 458. The fourth-order valence-electron chi connectivity index (χ4n) is 2.53.